The van der Waals surface area contributed by atoms with Crippen LogP contribution in [0.3, 0.4) is 0 Å². The standard InChI is InChI=1S/C33H37N5O5.C18H21NO3/c1-32(35-29(39)21-15-23-22-10-6-11-24-28(22)20(17-34-24)16-25(23)36(2)18-21)31(41)38-26(14-19-8-4-3-5-9-19)30(40)37-13-7-12-27(37)33(38,42)43-32;1-19-8-7-18-11-4-5-13(20)17(18)22-16-14(21-2)6-3-10(15(16)18)9-12(11)19/h3-6,8-11,17,21,23,25-27,34,42H,7,12-16,18H2,1-2H3,(H,35,39);3-6,11-13,17,20H,7-9H2,1-2H3/t21-,23-,25-,26+,27+,32-,33+;11-,12+,13-,17-,18-/m10/s1. The van der Waals surface area contributed by atoms with Gasteiger partial charge in [0.05, 0.1) is 13.0 Å². The van der Waals surface area contributed by atoms with Gasteiger partial charge in [0.15, 0.2) is 11.5 Å². The van der Waals surface area contributed by atoms with Crippen molar-refractivity contribution in [3.63, 3.8) is 0 Å². The quantitative estimate of drug-likeness (QED) is 0.219. The third-order valence-electron chi connectivity index (χ3n) is 17.0. The van der Waals surface area contributed by atoms with Crippen LogP contribution < -0.4 is 14.8 Å². The van der Waals surface area contributed by atoms with Crippen LogP contribution in [-0.4, -0.2) is 141 Å². The van der Waals surface area contributed by atoms with Crippen LogP contribution in [-0.2, 0) is 43.8 Å². The fourth-order valence-corrected chi connectivity index (χ4v) is 14.0. The Hall–Kier alpha value is -5.25. The zero-order valence-electron chi connectivity index (χ0n) is 37.4. The van der Waals surface area contributed by atoms with E-state index in [2.05, 4.69) is 70.7 Å². The lowest BCUT2D eigenvalue weighted by atomic mass is 9.53. The summed E-state index contributed by atoms with van der Waals surface area (Å²) in [5.41, 5.74) is 5.34. The van der Waals surface area contributed by atoms with E-state index in [1.54, 1.807) is 12.0 Å². The Balaban J connectivity index is 0.000000168. The molecule has 3 aromatic carbocycles. The Labute approximate surface area is 378 Å². The van der Waals surface area contributed by atoms with Crippen LogP contribution in [0.1, 0.15) is 66.3 Å². The Morgan fingerprint density at radius 3 is 2.62 bits per heavy atom. The van der Waals surface area contributed by atoms with E-state index in [1.165, 1.54) is 39.5 Å². The highest BCUT2D eigenvalue weighted by Crippen LogP contribution is 2.62. The number of carbonyl (C=O) groups is 3. The lowest BCUT2D eigenvalue weighted by Crippen LogP contribution is -2.71. The minimum atomic E-state index is -2.03. The summed E-state index contributed by atoms with van der Waals surface area (Å²) in [6.07, 6.45) is 10.7. The molecule has 0 unspecified atom stereocenters. The lowest BCUT2D eigenvalue weighted by molar-refractivity contribution is -0.315. The summed E-state index contributed by atoms with van der Waals surface area (Å²) in [6, 6.07) is 19.1. The maximum atomic E-state index is 14.2. The maximum Gasteiger partial charge on any atom is 0.280 e. The summed E-state index contributed by atoms with van der Waals surface area (Å²) in [7, 11) is 5.97. The molecule has 2 bridgehead atoms. The maximum absolute atomic E-state index is 14.2. The number of likely N-dealkylation sites (N-methyl/N-ethyl adjacent to an activating group) is 2. The fraction of sp³-hybridized carbons (Fsp3) is 0.510. The molecule has 3 aliphatic carbocycles. The second-order valence-corrected chi connectivity index (χ2v) is 20.3. The Bertz CT molecular complexity index is 2650. The number of ether oxygens (including phenoxy) is 3. The summed E-state index contributed by atoms with van der Waals surface area (Å²) in [6.45, 7) is 3.61. The van der Waals surface area contributed by atoms with E-state index in [9.17, 15) is 24.6 Å². The number of piperidine rings is 2. The predicted molar refractivity (Wildman–Crippen MR) is 240 cm³/mol. The van der Waals surface area contributed by atoms with Crippen molar-refractivity contribution in [1.82, 2.24) is 29.9 Å². The molecule has 13 rings (SSSR count). The van der Waals surface area contributed by atoms with Crippen LogP contribution in [0.4, 0.5) is 0 Å². The minimum Gasteiger partial charge on any atom is -0.493 e. The molecule has 1 spiro atoms. The molecule has 7 heterocycles. The summed E-state index contributed by atoms with van der Waals surface area (Å²) < 4.78 is 18.1. The Morgan fingerprint density at radius 1 is 0.985 bits per heavy atom. The highest BCUT2D eigenvalue weighted by molar-refractivity contribution is 5.97. The van der Waals surface area contributed by atoms with Crippen molar-refractivity contribution in [3.8, 4) is 11.5 Å². The second kappa shape index (κ2) is 14.6. The molecular formula is C51H58N6O8. The molecular weight excluding hydrogens is 825 g/mol. The fourth-order valence-electron chi connectivity index (χ4n) is 14.0. The van der Waals surface area contributed by atoms with Gasteiger partial charge in [-0.05, 0) is 100 Å². The average Bonchev–Trinajstić information content (AvgIpc) is 4.09. The SMILES string of the molecule is CN1C[C@H](C(=O)N[C@]2(C)O[C@@]3(O)[C@@H]4CCCN4C(=O)[C@H](Cc4ccccc4)N3C2=O)C[C@@H]2c3cccc4[nH]cc(c34)C[C@H]21.COc1ccc2c3c1O[C@H]1[C@@H](O)C=C[C@H]4[C@@H](C2)N(C)CC[C@@]341. The number of nitrogens with zero attached hydrogens (tertiary/aromatic N) is 4. The molecule has 4 aromatic rings. The van der Waals surface area contributed by atoms with Gasteiger partial charge >= 0.3 is 0 Å². The van der Waals surface area contributed by atoms with Crippen molar-refractivity contribution in [2.24, 2.45) is 11.8 Å². The van der Waals surface area contributed by atoms with Crippen molar-refractivity contribution in [2.45, 2.75) is 111 Å². The number of aliphatic hydroxyl groups excluding tert-OH is 1. The number of amides is 3. The summed E-state index contributed by atoms with van der Waals surface area (Å²) in [5.74, 6) is -1.22. The number of rotatable bonds is 5. The van der Waals surface area contributed by atoms with Crippen molar-refractivity contribution in [1.29, 1.82) is 0 Å². The van der Waals surface area contributed by atoms with Gasteiger partial charge in [-0.3, -0.25) is 24.0 Å². The molecule has 5 fully saturated rings. The molecule has 340 valence electrons. The first-order valence-electron chi connectivity index (χ1n) is 23.5. The lowest BCUT2D eigenvalue weighted by Gasteiger charge is -2.56. The number of hydrogen-bond donors (Lipinski definition) is 4. The summed E-state index contributed by atoms with van der Waals surface area (Å²) >= 11 is 0. The normalized spacial score (nSPS) is 37.2. The number of aromatic amines is 1. The summed E-state index contributed by atoms with van der Waals surface area (Å²) in [4.78, 5) is 52.9. The topological polar surface area (TPSA) is 160 Å². The Kier molecular flexibility index (Phi) is 9.27. The number of fused-ring (bicyclic) bond motifs is 5. The van der Waals surface area contributed by atoms with Gasteiger partial charge < -0.3 is 44.7 Å². The number of H-pyrrole nitrogens is 1. The van der Waals surface area contributed by atoms with Crippen molar-refractivity contribution >= 4 is 28.6 Å². The third-order valence-corrected chi connectivity index (χ3v) is 17.0. The van der Waals surface area contributed by atoms with Gasteiger partial charge in [-0.15, -0.1) is 0 Å². The van der Waals surface area contributed by atoms with E-state index in [-0.39, 0.29) is 47.6 Å². The predicted octanol–water partition coefficient (Wildman–Crippen LogP) is 3.58. The highest BCUT2D eigenvalue weighted by Gasteiger charge is 2.70. The van der Waals surface area contributed by atoms with Crippen LogP contribution in [0.25, 0.3) is 10.9 Å². The first-order valence-corrected chi connectivity index (χ1v) is 23.5. The van der Waals surface area contributed by atoms with E-state index in [1.807, 2.05) is 42.5 Å². The van der Waals surface area contributed by atoms with Crippen LogP contribution in [0.5, 0.6) is 11.5 Å². The van der Waals surface area contributed by atoms with Crippen LogP contribution in [0.15, 0.2) is 79.0 Å². The number of nitrogens with one attached hydrogen (secondary N) is 2. The van der Waals surface area contributed by atoms with Gasteiger partial charge in [0.25, 0.3) is 11.8 Å². The van der Waals surface area contributed by atoms with Gasteiger partial charge in [-0.2, -0.15) is 0 Å². The average molecular weight is 883 g/mol. The number of methoxy groups -OCH3 is 1. The highest BCUT2D eigenvalue weighted by atomic mass is 16.7. The number of aromatic nitrogens is 1. The minimum absolute atomic E-state index is 0.0806. The Morgan fingerprint density at radius 2 is 1.80 bits per heavy atom. The molecule has 1 aromatic heterocycles. The van der Waals surface area contributed by atoms with E-state index < -0.39 is 35.7 Å². The molecule has 14 heteroatoms. The molecule has 65 heavy (non-hydrogen) atoms. The molecule has 14 nitrogen and oxygen atoms in total. The van der Waals surface area contributed by atoms with Gasteiger partial charge in [-0.1, -0.05) is 60.7 Å². The number of carbonyl (C=O) groups excluding carboxylic acids is 3. The number of likely N-dealkylation sites (tertiary alicyclic amines) is 2. The van der Waals surface area contributed by atoms with Gasteiger partial charge in [0.2, 0.25) is 17.5 Å². The molecule has 3 amide bonds. The first-order chi connectivity index (χ1) is 31.3. The monoisotopic (exact) mass is 882 g/mol. The van der Waals surface area contributed by atoms with E-state index >= 15 is 0 Å². The first kappa shape index (κ1) is 41.2. The number of piperazine rings is 1. The van der Waals surface area contributed by atoms with Crippen LogP contribution in [0, 0.1) is 11.8 Å². The zero-order chi connectivity index (χ0) is 44.7. The number of hydrogen-bond acceptors (Lipinski definition) is 10. The number of aliphatic hydroxyl groups is 2. The molecule has 0 saturated carbocycles. The van der Waals surface area contributed by atoms with E-state index in [4.69, 9.17) is 14.2 Å². The summed E-state index contributed by atoms with van der Waals surface area (Å²) in [5, 5.41) is 26.8. The number of benzene rings is 3. The molecule has 9 aliphatic rings. The van der Waals surface area contributed by atoms with Gasteiger partial charge in [0.1, 0.15) is 24.3 Å². The third kappa shape index (κ3) is 5.79. The van der Waals surface area contributed by atoms with E-state index in [0.29, 0.717) is 44.3 Å². The molecule has 6 aliphatic heterocycles. The largest absolute Gasteiger partial charge is 0.493 e. The van der Waals surface area contributed by atoms with Crippen molar-refractivity contribution < 1.29 is 38.8 Å². The van der Waals surface area contributed by atoms with Gasteiger partial charge in [0, 0.05) is 71.5 Å². The molecule has 5 saturated heterocycles. The molecule has 0 radical (unpaired) electrons. The van der Waals surface area contributed by atoms with Crippen LogP contribution in [0.2, 0.25) is 0 Å². The van der Waals surface area contributed by atoms with Crippen molar-refractivity contribution in [3.05, 3.63) is 107 Å². The zero-order valence-corrected chi connectivity index (χ0v) is 37.4. The van der Waals surface area contributed by atoms with Gasteiger partial charge in [-0.25, -0.2) is 0 Å². The smallest absolute Gasteiger partial charge is 0.280 e. The second-order valence-electron chi connectivity index (χ2n) is 20.3. The molecule has 4 N–H and O–H groups in total. The molecule has 12 atom stereocenters. The van der Waals surface area contributed by atoms with Crippen molar-refractivity contribution in [2.75, 3.05) is 40.8 Å². The van der Waals surface area contributed by atoms with E-state index in [0.717, 1.165) is 48.4 Å². The van der Waals surface area contributed by atoms with Crippen LogP contribution >= 0.6 is 0 Å².